The molecular weight excluding hydrogens is 144 g/mol. The van der Waals surface area contributed by atoms with E-state index in [-0.39, 0.29) is 0 Å². The summed E-state index contributed by atoms with van der Waals surface area (Å²) in [5.41, 5.74) is 4.83. The van der Waals surface area contributed by atoms with E-state index in [9.17, 15) is 4.21 Å². The summed E-state index contributed by atoms with van der Waals surface area (Å²) in [7, 11) is -2.78. The van der Waals surface area contributed by atoms with Crippen molar-refractivity contribution in [1.82, 2.24) is 0 Å². The van der Waals surface area contributed by atoms with Gasteiger partial charge in [-0.1, -0.05) is 0 Å². The smallest absolute Gasteiger partial charge is 0.266 e. The Morgan fingerprint density at radius 3 is 2.33 bits per heavy atom. The Balaban J connectivity index is 4.53. The maximum Gasteiger partial charge on any atom is 0.266 e. The first-order valence-electron chi connectivity index (χ1n) is 1.93. The second-order valence-corrected chi connectivity index (χ2v) is 3.32. The minimum atomic E-state index is -2.78. The van der Waals surface area contributed by atoms with Crippen LogP contribution in [0.3, 0.4) is 0 Å². The average Bonchev–Trinajstić information content (AvgIpc) is 1.62. The van der Waals surface area contributed by atoms with E-state index in [0.717, 1.165) is 0 Å². The fourth-order valence-electron chi connectivity index (χ4n) is 0.204. The zero-order valence-electron chi connectivity index (χ0n) is 4.81. The van der Waals surface area contributed by atoms with E-state index >= 15 is 0 Å². The van der Waals surface area contributed by atoms with Gasteiger partial charge in [0.15, 0.2) is 0 Å². The molecular formula is C2H8N4O2S. The first-order valence-corrected chi connectivity index (χ1v) is 3.92. The van der Waals surface area contributed by atoms with Gasteiger partial charge < -0.3 is 10.9 Å². The summed E-state index contributed by atoms with van der Waals surface area (Å²) in [5.74, 6) is -0.481. The molecule has 1 atom stereocenters. The Morgan fingerprint density at radius 1 is 1.78 bits per heavy atom. The summed E-state index contributed by atoms with van der Waals surface area (Å²) < 4.78 is 13.6. The van der Waals surface area contributed by atoms with E-state index < -0.39 is 15.9 Å². The van der Waals surface area contributed by atoms with Crippen molar-refractivity contribution in [1.29, 1.82) is 0 Å². The normalized spacial score (nSPS) is 18.7. The molecule has 0 aliphatic heterocycles. The van der Waals surface area contributed by atoms with Gasteiger partial charge in [-0.25, -0.2) is 9.35 Å². The molecule has 0 heterocycles. The van der Waals surface area contributed by atoms with Gasteiger partial charge in [-0.3, -0.25) is 0 Å². The molecule has 5 N–H and O–H groups in total. The van der Waals surface area contributed by atoms with Gasteiger partial charge in [-0.15, -0.1) is 4.36 Å². The fourth-order valence-corrected chi connectivity index (χ4v) is 0.612. The van der Waals surface area contributed by atoms with Gasteiger partial charge in [0.1, 0.15) is 9.92 Å². The number of hydrogen-bond donors (Lipinski definition) is 3. The number of oxime groups is 1. The minimum absolute atomic E-state index is 0.481. The van der Waals surface area contributed by atoms with E-state index in [2.05, 4.69) is 9.52 Å². The highest BCUT2D eigenvalue weighted by Crippen LogP contribution is 1.77. The lowest BCUT2D eigenvalue weighted by Crippen LogP contribution is -2.16. The first-order chi connectivity index (χ1) is 3.95. The monoisotopic (exact) mass is 152 g/mol. The van der Waals surface area contributed by atoms with Crippen molar-refractivity contribution in [2.75, 3.05) is 6.26 Å². The third-order valence-electron chi connectivity index (χ3n) is 0.377. The van der Waals surface area contributed by atoms with E-state index in [1.807, 2.05) is 0 Å². The molecule has 0 saturated heterocycles. The van der Waals surface area contributed by atoms with Gasteiger partial charge in [0.05, 0.1) is 0 Å². The van der Waals surface area contributed by atoms with Crippen LogP contribution in [0, 0.1) is 0 Å². The summed E-state index contributed by atoms with van der Waals surface area (Å²) in [6.07, 6.45) is 1.17. The number of hydrogen-bond acceptors (Lipinski definition) is 3. The lowest BCUT2D eigenvalue weighted by atomic mass is 11.1. The highest BCUT2D eigenvalue weighted by Gasteiger charge is 1.91. The summed E-state index contributed by atoms with van der Waals surface area (Å²) in [4.78, 5) is 0. The highest BCUT2D eigenvalue weighted by molar-refractivity contribution is 7.91. The molecule has 0 radical (unpaired) electrons. The summed E-state index contributed by atoms with van der Waals surface area (Å²) >= 11 is 0. The van der Waals surface area contributed by atoms with Crippen molar-refractivity contribution in [3.05, 3.63) is 0 Å². The van der Waals surface area contributed by atoms with Crippen LogP contribution in [0.25, 0.3) is 0 Å². The predicted molar refractivity (Wildman–Crippen MR) is 34.1 cm³/mol. The van der Waals surface area contributed by atoms with Crippen LogP contribution in [0.5, 0.6) is 0 Å². The summed E-state index contributed by atoms with van der Waals surface area (Å²) in [5, 5.41) is 15.2. The Hall–Kier alpha value is -0.820. The molecule has 1 unspecified atom stereocenters. The fraction of sp³-hybridized carbons (Fsp3) is 0.500. The van der Waals surface area contributed by atoms with Crippen LogP contribution in [0.15, 0.2) is 9.52 Å². The van der Waals surface area contributed by atoms with E-state index in [1.54, 1.807) is 0 Å². The Bertz CT molecular complexity index is 217. The molecule has 0 fully saturated rings. The number of nitrogens with two attached hydrogens (primary N) is 2. The Morgan fingerprint density at radius 2 is 2.22 bits per heavy atom. The van der Waals surface area contributed by atoms with Crippen molar-refractivity contribution in [2.24, 2.45) is 20.4 Å². The third kappa shape index (κ3) is 5.04. The van der Waals surface area contributed by atoms with Crippen molar-refractivity contribution in [3.63, 3.8) is 0 Å². The van der Waals surface area contributed by atoms with Gasteiger partial charge >= 0.3 is 0 Å². The second kappa shape index (κ2) is 2.65. The number of guanidine groups is 1. The van der Waals surface area contributed by atoms with Gasteiger partial charge in [-0.2, -0.15) is 0 Å². The van der Waals surface area contributed by atoms with E-state index in [4.69, 9.17) is 16.1 Å². The molecule has 0 saturated carbocycles. The van der Waals surface area contributed by atoms with Crippen LogP contribution in [0.4, 0.5) is 0 Å². The van der Waals surface area contributed by atoms with Crippen LogP contribution < -0.4 is 10.9 Å². The van der Waals surface area contributed by atoms with Crippen LogP contribution >= 0.6 is 0 Å². The van der Waals surface area contributed by atoms with Gasteiger partial charge in [0, 0.05) is 6.26 Å². The lowest BCUT2D eigenvalue weighted by molar-refractivity contribution is 0.317. The molecule has 9 heavy (non-hydrogen) atoms. The van der Waals surface area contributed by atoms with Gasteiger partial charge in [0.2, 0.25) is 0 Å². The number of rotatable bonds is 0. The van der Waals surface area contributed by atoms with Crippen LogP contribution in [-0.2, 0) is 9.92 Å². The molecule has 0 aliphatic carbocycles. The highest BCUT2D eigenvalue weighted by atomic mass is 32.2. The predicted octanol–water partition coefficient (Wildman–Crippen LogP) is -1.34. The molecule has 0 aliphatic rings. The molecule has 0 bridgehead atoms. The molecule has 0 spiro atoms. The Labute approximate surface area is 52.8 Å². The quantitative estimate of drug-likeness (QED) is 0.173. The van der Waals surface area contributed by atoms with Crippen LogP contribution in [0.1, 0.15) is 0 Å². The van der Waals surface area contributed by atoms with E-state index in [1.165, 1.54) is 6.26 Å². The van der Waals surface area contributed by atoms with Crippen molar-refractivity contribution >= 4 is 15.9 Å². The zero-order chi connectivity index (χ0) is 7.49. The largest absolute Gasteiger partial charge is 0.408 e. The maximum atomic E-state index is 10.5. The molecule has 7 heteroatoms. The molecule has 0 aromatic rings. The maximum absolute atomic E-state index is 10.5. The van der Waals surface area contributed by atoms with Crippen LogP contribution in [-0.4, -0.2) is 21.6 Å². The lowest BCUT2D eigenvalue weighted by Gasteiger charge is -1.90. The summed E-state index contributed by atoms with van der Waals surface area (Å²) in [6, 6.07) is 0. The molecule has 0 amide bonds. The minimum Gasteiger partial charge on any atom is -0.408 e. The van der Waals surface area contributed by atoms with Crippen molar-refractivity contribution in [3.8, 4) is 0 Å². The molecule has 6 nitrogen and oxygen atoms in total. The topological polar surface area (TPSA) is 114 Å². The van der Waals surface area contributed by atoms with Crippen molar-refractivity contribution in [2.45, 2.75) is 0 Å². The van der Waals surface area contributed by atoms with Crippen molar-refractivity contribution < 1.29 is 9.42 Å². The van der Waals surface area contributed by atoms with E-state index in [0.29, 0.717) is 0 Å². The second-order valence-electron chi connectivity index (χ2n) is 1.41. The molecule has 54 valence electrons. The zero-order valence-corrected chi connectivity index (χ0v) is 5.63. The van der Waals surface area contributed by atoms with Gasteiger partial charge in [0.25, 0.3) is 5.96 Å². The number of nitrogens with zero attached hydrogens (tertiary/aromatic N) is 2. The average molecular weight is 152 g/mol. The summed E-state index contributed by atoms with van der Waals surface area (Å²) in [6.45, 7) is 0. The molecule has 0 rings (SSSR count). The third-order valence-corrected chi connectivity index (χ3v) is 0.927. The molecule has 0 aromatic heterocycles. The SMILES string of the molecule is CS(N)(=O)=N/C(N)=N/O. The Kier molecular flexibility index (Phi) is 2.41. The molecule has 0 aromatic carbocycles. The van der Waals surface area contributed by atoms with Gasteiger partial charge in [-0.05, 0) is 5.16 Å². The van der Waals surface area contributed by atoms with Crippen LogP contribution in [0.2, 0.25) is 0 Å². The standard InChI is InChI=1S/C2H8N4O2S/c1-9(4,8)6-2(3)5-7/h7H,1H3,(H4,3,4,5,6,8). The first kappa shape index (κ1) is 8.18.